The lowest BCUT2D eigenvalue weighted by molar-refractivity contribution is -0.0328. The maximum Gasteiger partial charge on any atom is 0.446 e. The molecule has 2 N–H and O–H groups in total. The molecule has 0 aliphatic carbocycles. The van der Waals surface area contributed by atoms with E-state index in [-0.39, 0.29) is 34.5 Å². The molecule has 2 amide bonds. The SMILES string of the molecule is O=C(NCc1cc(F)ccc1F)Nc1ccc(SC(F)(F)F)cc1. The number of urea groups is 1. The van der Waals surface area contributed by atoms with Gasteiger partial charge in [-0.1, -0.05) is 0 Å². The van der Waals surface area contributed by atoms with Gasteiger partial charge in [0.2, 0.25) is 0 Å². The van der Waals surface area contributed by atoms with Crippen molar-refractivity contribution in [2.24, 2.45) is 0 Å². The van der Waals surface area contributed by atoms with Gasteiger partial charge in [0.15, 0.2) is 0 Å². The summed E-state index contributed by atoms with van der Waals surface area (Å²) in [5.41, 5.74) is -4.15. The normalized spacial score (nSPS) is 11.2. The average Bonchev–Trinajstić information content (AvgIpc) is 2.49. The first kappa shape index (κ1) is 18.1. The highest BCUT2D eigenvalue weighted by atomic mass is 32.2. The van der Waals surface area contributed by atoms with Crippen molar-refractivity contribution in [3.63, 3.8) is 0 Å². The fraction of sp³-hybridized carbons (Fsp3) is 0.133. The molecule has 2 aromatic rings. The number of halogens is 5. The second kappa shape index (κ2) is 7.52. The van der Waals surface area contributed by atoms with Crippen molar-refractivity contribution in [2.75, 3.05) is 5.32 Å². The van der Waals surface area contributed by atoms with Crippen LogP contribution in [0.3, 0.4) is 0 Å². The Labute approximate surface area is 138 Å². The number of carbonyl (C=O) groups is 1. The van der Waals surface area contributed by atoms with E-state index >= 15 is 0 Å². The fourth-order valence-electron chi connectivity index (χ4n) is 1.77. The molecule has 0 spiro atoms. The highest BCUT2D eigenvalue weighted by molar-refractivity contribution is 8.00. The average molecular weight is 362 g/mol. The molecule has 0 aliphatic heterocycles. The van der Waals surface area contributed by atoms with Gasteiger partial charge in [-0.3, -0.25) is 0 Å². The molecule has 0 unspecified atom stereocenters. The van der Waals surface area contributed by atoms with Crippen molar-refractivity contribution in [3.05, 3.63) is 59.7 Å². The maximum absolute atomic E-state index is 13.4. The van der Waals surface area contributed by atoms with Crippen molar-refractivity contribution < 1.29 is 26.7 Å². The summed E-state index contributed by atoms with van der Waals surface area (Å²) in [5.74, 6) is -1.29. The number of nitrogens with one attached hydrogen (secondary N) is 2. The minimum Gasteiger partial charge on any atom is -0.334 e. The van der Waals surface area contributed by atoms with Crippen LogP contribution < -0.4 is 10.6 Å². The van der Waals surface area contributed by atoms with Crippen LogP contribution in [0.5, 0.6) is 0 Å². The zero-order valence-corrected chi connectivity index (χ0v) is 12.8. The van der Waals surface area contributed by atoms with Crippen LogP contribution in [0.15, 0.2) is 47.4 Å². The first-order valence-corrected chi connectivity index (χ1v) is 7.39. The molecule has 3 nitrogen and oxygen atoms in total. The van der Waals surface area contributed by atoms with Gasteiger partial charge in [-0.25, -0.2) is 13.6 Å². The summed E-state index contributed by atoms with van der Waals surface area (Å²) in [7, 11) is 0. The molecular weight excluding hydrogens is 351 g/mol. The van der Waals surface area contributed by atoms with Crippen LogP contribution in [0.2, 0.25) is 0 Å². The molecular formula is C15H11F5N2OS. The Kier molecular flexibility index (Phi) is 5.66. The number of benzene rings is 2. The van der Waals surface area contributed by atoms with Gasteiger partial charge in [0.1, 0.15) is 11.6 Å². The number of carbonyl (C=O) groups excluding carboxylic acids is 1. The number of amides is 2. The van der Waals surface area contributed by atoms with Crippen molar-refractivity contribution in [2.45, 2.75) is 16.9 Å². The van der Waals surface area contributed by atoms with E-state index in [1.807, 2.05) is 0 Å². The molecule has 0 aliphatic rings. The van der Waals surface area contributed by atoms with E-state index in [4.69, 9.17) is 0 Å². The molecule has 0 radical (unpaired) electrons. The zero-order valence-electron chi connectivity index (χ0n) is 12.0. The summed E-state index contributed by atoms with van der Waals surface area (Å²) < 4.78 is 63.0. The second-order valence-corrected chi connectivity index (χ2v) is 5.75. The van der Waals surface area contributed by atoms with Crippen molar-refractivity contribution >= 4 is 23.5 Å². The number of alkyl halides is 3. The third-order valence-electron chi connectivity index (χ3n) is 2.79. The lowest BCUT2D eigenvalue weighted by Gasteiger charge is -2.10. The Hall–Kier alpha value is -2.29. The molecule has 0 heterocycles. The summed E-state index contributed by atoms with van der Waals surface area (Å²) in [6.45, 7) is -0.239. The third kappa shape index (κ3) is 5.73. The number of hydrogen-bond donors (Lipinski definition) is 2. The lowest BCUT2D eigenvalue weighted by Crippen LogP contribution is -2.28. The van der Waals surface area contributed by atoms with Gasteiger partial charge in [0.05, 0.1) is 0 Å². The smallest absolute Gasteiger partial charge is 0.334 e. The maximum atomic E-state index is 13.4. The van der Waals surface area contributed by atoms with E-state index in [9.17, 15) is 26.7 Å². The van der Waals surface area contributed by atoms with Crippen molar-refractivity contribution in [1.82, 2.24) is 5.32 Å². The number of thioether (sulfide) groups is 1. The molecule has 9 heteroatoms. The molecule has 0 aromatic heterocycles. The molecule has 2 aromatic carbocycles. The minimum absolute atomic E-state index is 0.0182. The van der Waals surface area contributed by atoms with E-state index in [1.54, 1.807) is 0 Å². The van der Waals surface area contributed by atoms with Crippen LogP contribution in [-0.2, 0) is 6.54 Å². The van der Waals surface area contributed by atoms with Crippen molar-refractivity contribution in [3.8, 4) is 0 Å². The quantitative estimate of drug-likeness (QED) is 0.600. The summed E-state index contributed by atoms with van der Waals surface area (Å²) >= 11 is -0.267. The highest BCUT2D eigenvalue weighted by Crippen LogP contribution is 2.36. The molecule has 128 valence electrons. The van der Waals surface area contributed by atoms with Crippen LogP contribution in [0, 0.1) is 11.6 Å². The Morgan fingerprint density at radius 1 is 1.04 bits per heavy atom. The van der Waals surface area contributed by atoms with Crippen molar-refractivity contribution in [1.29, 1.82) is 0 Å². The Morgan fingerprint density at radius 2 is 1.71 bits per heavy atom. The summed E-state index contributed by atoms with van der Waals surface area (Å²) in [4.78, 5) is 11.7. The molecule has 2 rings (SSSR count). The van der Waals surface area contributed by atoms with Crippen LogP contribution in [0.4, 0.5) is 32.4 Å². The zero-order chi connectivity index (χ0) is 17.7. The molecule has 24 heavy (non-hydrogen) atoms. The summed E-state index contributed by atoms with van der Waals surface area (Å²) in [6.07, 6.45) is 0. The molecule has 0 atom stereocenters. The van der Waals surface area contributed by atoms with E-state index in [1.165, 1.54) is 24.3 Å². The van der Waals surface area contributed by atoms with Gasteiger partial charge in [-0.05, 0) is 54.2 Å². The summed E-state index contributed by atoms with van der Waals surface area (Å²) in [6, 6.07) is 7.18. The van der Waals surface area contributed by atoms with Gasteiger partial charge in [0.25, 0.3) is 0 Å². The van der Waals surface area contributed by atoms with Gasteiger partial charge >= 0.3 is 11.5 Å². The van der Waals surface area contributed by atoms with E-state index in [0.29, 0.717) is 0 Å². The van der Waals surface area contributed by atoms with Gasteiger partial charge in [-0.15, -0.1) is 0 Å². The largest absolute Gasteiger partial charge is 0.446 e. The van der Waals surface area contributed by atoms with Gasteiger partial charge in [-0.2, -0.15) is 13.2 Å². The Bertz CT molecular complexity index is 719. The monoisotopic (exact) mass is 362 g/mol. The topological polar surface area (TPSA) is 41.1 Å². The summed E-state index contributed by atoms with van der Waals surface area (Å²) in [5, 5.41) is 4.71. The van der Waals surface area contributed by atoms with Crippen LogP contribution in [-0.4, -0.2) is 11.5 Å². The standard InChI is InChI=1S/C15H11F5N2OS/c16-10-1-6-13(17)9(7-10)8-21-14(23)22-11-2-4-12(5-3-11)24-15(18,19)20/h1-7H,8H2,(H2,21,22,23). The highest BCUT2D eigenvalue weighted by Gasteiger charge is 2.29. The molecule has 0 saturated carbocycles. The van der Waals surface area contributed by atoms with Crippen LogP contribution >= 0.6 is 11.8 Å². The predicted molar refractivity (Wildman–Crippen MR) is 80.6 cm³/mol. The molecule has 0 saturated heterocycles. The lowest BCUT2D eigenvalue weighted by atomic mass is 10.2. The molecule has 0 fully saturated rings. The Balaban J connectivity index is 1.89. The number of hydrogen-bond acceptors (Lipinski definition) is 2. The number of anilines is 1. The number of rotatable bonds is 4. The van der Waals surface area contributed by atoms with E-state index in [0.717, 1.165) is 18.2 Å². The van der Waals surface area contributed by atoms with E-state index in [2.05, 4.69) is 10.6 Å². The third-order valence-corrected chi connectivity index (χ3v) is 3.53. The van der Waals surface area contributed by atoms with Gasteiger partial charge < -0.3 is 10.6 Å². The molecule has 0 bridgehead atoms. The first-order chi connectivity index (χ1) is 11.2. The Morgan fingerprint density at radius 3 is 2.33 bits per heavy atom. The minimum atomic E-state index is -4.39. The van der Waals surface area contributed by atoms with E-state index < -0.39 is 23.2 Å². The second-order valence-electron chi connectivity index (χ2n) is 4.62. The fourth-order valence-corrected chi connectivity index (χ4v) is 2.31. The predicted octanol–water partition coefficient (Wildman–Crippen LogP) is 4.90. The van der Waals surface area contributed by atoms with Gasteiger partial charge in [0, 0.05) is 22.7 Å². The van der Waals surface area contributed by atoms with Crippen LogP contribution in [0.1, 0.15) is 5.56 Å². The first-order valence-electron chi connectivity index (χ1n) is 6.57. The van der Waals surface area contributed by atoms with Crippen LogP contribution in [0.25, 0.3) is 0 Å².